The van der Waals surface area contributed by atoms with E-state index in [-0.39, 0.29) is 6.61 Å². The fourth-order valence-corrected chi connectivity index (χ4v) is 18.6. The van der Waals surface area contributed by atoms with E-state index in [1.807, 2.05) is 0 Å². The summed E-state index contributed by atoms with van der Waals surface area (Å²) in [5, 5.41) is 11.9. The first-order valence-corrected chi connectivity index (χ1v) is 20.0. The molecule has 6 atom stereocenters. The molecule has 0 spiro atoms. The number of rotatable bonds is 13. The molecule has 2 heterocycles. The van der Waals surface area contributed by atoms with Crippen molar-refractivity contribution in [2.45, 2.75) is 130 Å². The second kappa shape index (κ2) is 13.7. The molecule has 0 radical (unpaired) electrons. The molecule has 2 fully saturated rings. The van der Waals surface area contributed by atoms with Crippen LogP contribution >= 0.6 is 0 Å². The fraction of sp³-hybridized carbons (Fsp3) is 0.917. The van der Waals surface area contributed by atoms with Crippen molar-refractivity contribution in [1.82, 2.24) is 0 Å². The molecule has 0 amide bonds. The Morgan fingerprint density at radius 3 is 1.97 bits per heavy atom. The van der Waals surface area contributed by atoms with Gasteiger partial charge in [-0.05, 0) is 0 Å². The molecule has 2 aliphatic rings. The molecular formula is C24H44O9Sn. The number of hydrogen-bond donors (Lipinski definition) is 1. The quantitative estimate of drug-likeness (QED) is 0.192. The van der Waals surface area contributed by atoms with E-state index in [0.717, 1.165) is 51.8 Å². The molecule has 0 saturated carbocycles. The van der Waals surface area contributed by atoms with Gasteiger partial charge in [-0.1, -0.05) is 0 Å². The number of esters is 2. The van der Waals surface area contributed by atoms with Crippen molar-refractivity contribution in [2.24, 2.45) is 0 Å². The van der Waals surface area contributed by atoms with Gasteiger partial charge in [0.15, 0.2) is 0 Å². The molecule has 0 aromatic heterocycles. The molecule has 2 rings (SSSR count). The van der Waals surface area contributed by atoms with E-state index in [4.69, 9.17) is 26.8 Å². The first-order valence-electron chi connectivity index (χ1n) is 12.8. The van der Waals surface area contributed by atoms with Crippen LogP contribution in [0.5, 0.6) is 0 Å². The summed E-state index contributed by atoms with van der Waals surface area (Å²) < 4.78 is 38.2. The third kappa shape index (κ3) is 8.03. The van der Waals surface area contributed by atoms with Crippen molar-refractivity contribution in [3.8, 4) is 0 Å². The van der Waals surface area contributed by atoms with Crippen molar-refractivity contribution in [3.63, 3.8) is 0 Å². The van der Waals surface area contributed by atoms with Crippen LogP contribution in [0, 0.1) is 0 Å². The number of aliphatic hydroxyl groups is 1. The second-order valence-electron chi connectivity index (χ2n) is 9.49. The number of carbonyl (C=O) groups excluding carboxylic acids is 2. The summed E-state index contributed by atoms with van der Waals surface area (Å²) in [6.45, 7) is 10.8. The van der Waals surface area contributed by atoms with Crippen molar-refractivity contribution in [1.29, 1.82) is 0 Å². The summed E-state index contributed by atoms with van der Waals surface area (Å²) in [6.07, 6.45) is 1.52. The van der Waals surface area contributed by atoms with Gasteiger partial charge in [0.05, 0.1) is 0 Å². The van der Waals surface area contributed by atoms with Crippen LogP contribution in [0.15, 0.2) is 0 Å². The van der Waals surface area contributed by atoms with Gasteiger partial charge in [0.25, 0.3) is 0 Å². The third-order valence-electron chi connectivity index (χ3n) is 6.43. The first-order chi connectivity index (χ1) is 16.1. The van der Waals surface area contributed by atoms with Crippen LogP contribution < -0.4 is 0 Å². The van der Waals surface area contributed by atoms with Crippen LogP contribution in [0.3, 0.4) is 0 Å². The normalized spacial score (nSPS) is 31.6. The minimum absolute atomic E-state index is 0.128. The molecule has 9 nitrogen and oxygen atoms in total. The van der Waals surface area contributed by atoms with Gasteiger partial charge in [-0.15, -0.1) is 0 Å². The fourth-order valence-electron chi connectivity index (χ4n) is 4.79. The predicted molar refractivity (Wildman–Crippen MR) is 127 cm³/mol. The van der Waals surface area contributed by atoms with E-state index in [1.165, 1.54) is 13.8 Å². The Morgan fingerprint density at radius 2 is 1.50 bits per heavy atom. The molecule has 2 saturated heterocycles. The van der Waals surface area contributed by atoms with E-state index in [0.29, 0.717) is 0 Å². The van der Waals surface area contributed by atoms with Gasteiger partial charge in [-0.25, -0.2) is 0 Å². The Morgan fingerprint density at radius 1 is 0.971 bits per heavy atom. The number of hydrogen-bond acceptors (Lipinski definition) is 9. The van der Waals surface area contributed by atoms with E-state index in [9.17, 15) is 14.7 Å². The van der Waals surface area contributed by atoms with Gasteiger partial charge in [0.2, 0.25) is 0 Å². The van der Waals surface area contributed by atoms with Gasteiger partial charge in [0.1, 0.15) is 0 Å². The first kappa shape index (κ1) is 29.8. The summed E-state index contributed by atoms with van der Waals surface area (Å²) >= 11 is -3.49. The molecule has 198 valence electrons. The summed E-state index contributed by atoms with van der Waals surface area (Å²) in [5.41, 5.74) is 0. The molecular weight excluding hydrogens is 551 g/mol. The van der Waals surface area contributed by atoms with Crippen molar-refractivity contribution in [3.05, 3.63) is 0 Å². The van der Waals surface area contributed by atoms with E-state index >= 15 is 0 Å². The average Bonchev–Trinajstić information content (AvgIpc) is 2.77. The molecule has 1 N–H and O–H groups in total. The van der Waals surface area contributed by atoms with Crippen LogP contribution in [0.4, 0.5) is 0 Å². The Balaban J connectivity index is 2.49. The number of fused-ring (bicyclic) bond motifs is 1. The maximum atomic E-state index is 12.1. The summed E-state index contributed by atoms with van der Waals surface area (Å²) in [6, 6.07) is 0. The third-order valence-corrected chi connectivity index (χ3v) is 19.3. The Kier molecular flexibility index (Phi) is 12.0. The van der Waals surface area contributed by atoms with Gasteiger partial charge in [0, 0.05) is 0 Å². The zero-order chi connectivity index (χ0) is 25.4. The van der Waals surface area contributed by atoms with Crippen LogP contribution in [-0.2, 0) is 36.3 Å². The molecule has 0 aromatic rings. The monoisotopic (exact) mass is 596 g/mol. The molecule has 10 heteroatoms. The maximum absolute atomic E-state index is 12.1. The summed E-state index contributed by atoms with van der Waals surface area (Å²) in [4.78, 5) is 24.1. The molecule has 0 aromatic carbocycles. The molecule has 0 bridgehead atoms. The zero-order valence-corrected chi connectivity index (χ0v) is 24.5. The van der Waals surface area contributed by atoms with Crippen LogP contribution in [-0.4, -0.2) is 79.1 Å². The van der Waals surface area contributed by atoms with Crippen LogP contribution in [0.2, 0.25) is 13.3 Å². The standard InChI is InChI=1S/C12H17O9.3C4H9.Sn/c1-5(13)18-10-9-8(4-17-7(3)20-9)21-12(15,16)11(10)19-6(2)14;3*1-3-4-2;/h7-11,15H,4H2,1-3H3;3*1,3-4H2,2H3;/q-1;;;;+1/t7?,8-,9-,10+,11-,12?;;;;/m1..../s1. The minimum atomic E-state index is -3.49. The summed E-state index contributed by atoms with van der Waals surface area (Å²) in [5.74, 6) is -3.46. The molecule has 0 aliphatic carbocycles. The van der Waals surface area contributed by atoms with Gasteiger partial charge in [-0.3, -0.25) is 0 Å². The van der Waals surface area contributed by atoms with Crippen LogP contribution in [0.25, 0.3) is 0 Å². The van der Waals surface area contributed by atoms with Gasteiger partial charge in [-0.2, -0.15) is 0 Å². The predicted octanol–water partition coefficient (Wildman–Crippen LogP) is 4.02. The molecule has 2 aliphatic heterocycles. The topological polar surface area (TPSA) is 110 Å². The number of unbranched alkanes of at least 4 members (excludes halogenated alkanes) is 3. The Hall–Kier alpha value is -0.461. The SMILES string of the molecule is CCC[CH2][Sn]([CH2]CCC)([CH2]CCC)[O]C1(O)O[C@@H]2COC(C)O[C@H]2[C@H](OC(C)=O)[C@H]1OC(C)=O. The number of carbonyl (C=O) groups is 2. The molecule has 2 unspecified atom stereocenters. The Labute approximate surface area is 208 Å². The summed E-state index contributed by atoms with van der Waals surface area (Å²) in [7, 11) is 0. The van der Waals surface area contributed by atoms with Crippen molar-refractivity contribution < 1.29 is 41.5 Å². The zero-order valence-electron chi connectivity index (χ0n) is 21.7. The van der Waals surface area contributed by atoms with Crippen molar-refractivity contribution >= 4 is 30.7 Å². The molecule has 34 heavy (non-hydrogen) atoms. The van der Waals surface area contributed by atoms with E-state index < -0.39 is 67.4 Å². The second-order valence-corrected chi connectivity index (χ2v) is 21.1. The van der Waals surface area contributed by atoms with Gasteiger partial charge >= 0.3 is 209 Å². The van der Waals surface area contributed by atoms with Crippen molar-refractivity contribution in [2.75, 3.05) is 6.61 Å². The van der Waals surface area contributed by atoms with E-state index in [2.05, 4.69) is 20.8 Å². The van der Waals surface area contributed by atoms with Gasteiger partial charge < -0.3 is 0 Å². The van der Waals surface area contributed by atoms with Crippen LogP contribution in [0.1, 0.15) is 80.1 Å². The average molecular weight is 595 g/mol. The van der Waals surface area contributed by atoms with E-state index in [1.54, 1.807) is 6.92 Å². The number of ether oxygens (including phenoxy) is 5. The Bertz CT molecular complexity index is 639.